The lowest BCUT2D eigenvalue weighted by molar-refractivity contribution is 0.0101. The van der Waals surface area contributed by atoms with Crippen molar-refractivity contribution in [3.05, 3.63) is 29.8 Å². The van der Waals surface area contributed by atoms with Gasteiger partial charge in [0.25, 0.3) is 0 Å². The molecule has 0 aliphatic carbocycles. The van der Waals surface area contributed by atoms with Crippen LogP contribution in [0.4, 0.5) is 5.69 Å². The van der Waals surface area contributed by atoms with Gasteiger partial charge < -0.3 is 15.4 Å². The number of aryl methyl sites for hydroxylation is 1. The van der Waals surface area contributed by atoms with Gasteiger partial charge in [-0.3, -0.25) is 0 Å². The van der Waals surface area contributed by atoms with Crippen molar-refractivity contribution in [1.29, 1.82) is 0 Å². The molecule has 0 aliphatic rings. The summed E-state index contributed by atoms with van der Waals surface area (Å²) in [6.45, 7) is 10.1. The average Bonchev–Trinajstić information content (AvgIpc) is 2.38. The number of hydrogen-bond donors (Lipinski definition) is 1. The van der Waals surface area contributed by atoms with Crippen LogP contribution in [0, 0.1) is 6.92 Å². The van der Waals surface area contributed by atoms with Crippen molar-refractivity contribution in [2.45, 2.75) is 45.8 Å². The summed E-state index contributed by atoms with van der Waals surface area (Å²) in [4.78, 5) is 2.37. The molecule has 108 valence electrons. The number of ether oxygens (including phenoxy) is 1. The molecule has 0 aliphatic heterocycles. The molecule has 1 atom stereocenters. The molecule has 0 aromatic heterocycles. The summed E-state index contributed by atoms with van der Waals surface area (Å²) in [7, 11) is 1.76. The van der Waals surface area contributed by atoms with Crippen LogP contribution in [0.2, 0.25) is 0 Å². The first kappa shape index (κ1) is 16.0. The average molecular weight is 264 g/mol. The topological polar surface area (TPSA) is 38.5 Å². The zero-order chi connectivity index (χ0) is 14.5. The van der Waals surface area contributed by atoms with Gasteiger partial charge in [-0.05, 0) is 51.8 Å². The van der Waals surface area contributed by atoms with Crippen LogP contribution in [0.5, 0.6) is 0 Å². The molecule has 0 spiro atoms. The molecule has 2 N–H and O–H groups in total. The predicted molar refractivity (Wildman–Crippen MR) is 82.7 cm³/mol. The summed E-state index contributed by atoms with van der Waals surface area (Å²) in [5, 5.41) is 0. The lowest BCUT2D eigenvalue weighted by atomic mass is 9.97. The lowest BCUT2D eigenvalue weighted by Crippen LogP contribution is -2.45. The molecule has 0 saturated heterocycles. The Kier molecular flexibility index (Phi) is 5.83. The maximum absolute atomic E-state index is 5.99. The van der Waals surface area contributed by atoms with E-state index in [2.05, 4.69) is 56.9 Å². The summed E-state index contributed by atoms with van der Waals surface area (Å²) >= 11 is 0. The molecule has 3 heteroatoms. The van der Waals surface area contributed by atoms with Crippen molar-refractivity contribution in [2.75, 3.05) is 25.1 Å². The van der Waals surface area contributed by atoms with Gasteiger partial charge in [0.2, 0.25) is 0 Å². The van der Waals surface area contributed by atoms with Crippen molar-refractivity contribution in [1.82, 2.24) is 0 Å². The first-order valence-electron chi connectivity index (χ1n) is 7.02. The van der Waals surface area contributed by atoms with Crippen molar-refractivity contribution in [3.8, 4) is 0 Å². The van der Waals surface area contributed by atoms with Crippen molar-refractivity contribution in [2.24, 2.45) is 5.73 Å². The van der Waals surface area contributed by atoms with Crippen LogP contribution >= 0.6 is 0 Å². The summed E-state index contributed by atoms with van der Waals surface area (Å²) in [6, 6.07) is 8.88. The number of rotatable bonds is 7. The Morgan fingerprint density at radius 1 is 1.37 bits per heavy atom. The fourth-order valence-electron chi connectivity index (χ4n) is 2.43. The minimum atomic E-state index is -0.152. The van der Waals surface area contributed by atoms with Gasteiger partial charge in [0.1, 0.15) is 0 Å². The highest BCUT2D eigenvalue weighted by Crippen LogP contribution is 2.24. The van der Waals surface area contributed by atoms with Crippen LogP contribution in [-0.2, 0) is 4.74 Å². The number of hydrogen-bond acceptors (Lipinski definition) is 3. The number of methoxy groups -OCH3 is 1. The molecule has 0 bridgehead atoms. The van der Waals surface area contributed by atoms with Crippen LogP contribution in [0.25, 0.3) is 0 Å². The highest BCUT2D eigenvalue weighted by molar-refractivity contribution is 5.49. The largest absolute Gasteiger partial charge is 0.379 e. The number of likely N-dealkylation sites (N-methyl/N-ethyl adjacent to an activating group) is 1. The Bertz CT molecular complexity index is 390. The van der Waals surface area contributed by atoms with Gasteiger partial charge >= 0.3 is 0 Å². The minimum Gasteiger partial charge on any atom is -0.379 e. The fraction of sp³-hybridized carbons (Fsp3) is 0.625. The monoisotopic (exact) mass is 264 g/mol. The Morgan fingerprint density at radius 3 is 2.53 bits per heavy atom. The Balaban J connectivity index is 2.93. The van der Waals surface area contributed by atoms with Crippen LogP contribution in [-0.4, -0.2) is 31.8 Å². The van der Waals surface area contributed by atoms with E-state index in [4.69, 9.17) is 10.5 Å². The van der Waals surface area contributed by atoms with E-state index < -0.39 is 0 Å². The molecular formula is C16H28N2O. The second-order valence-electron chi connectivity index (χ2n) is 5.68. The molecule has 0 amide bonds. The van der Waals surface area contributed by atoms with Crippen LogP contribution < -0.4 is 10.6 Å². The summed E-state index contributed by atoms with van der Waals surface area (Å²) in [6.07, 6.45) is 0.918. The predicted octanol–water partition coefficient (Wildman–Crippen LogP) is 2.96. The number of anilines is 1. The quantitative estimate of drug-likeness (QED) is 0.823. The third-order valence-electron chi connectivity index (χ3n) is 3.67. The Hall–Kier alpha value is -1.06. The van der Waals surface area contributed by atoms with Crippen LogP contribution in [0.15, 0.2) is 24.3 Å². The number of nitrogens with zero attached hydrogens (tertiary/aromatic N) is 1. The zero-order valence-corrected chi connectivity index (χ0v) is 12.9. The highest BCUT2D eigenvalue weighted by atomic mass is 16.5. The lowest BCUT2D eigenvalue weighted by Gasteiger charge is -2.37. The van der Waals surface area contributed by atoms with E-state index in [9.17, 15) is 0 Å². The minimum absolute atomic E-state index is 0.152. The molecule has 0 radical (unpaired) electrons. The summed E-state index contributed by atoms with van der Waals surface area (Å²) in [5.74, 6) is 0. The SMILES string of the molecule is CCN(c1cccc(C)c1)C(CN)CC(C)(C)OC. The molecule has 1 aromatic rings. The van der Waals surface area contributed by atoms with Gasteiger partial charge in [-0.2, -0.15) is 0 Å². The molecular weight excluding hydrogens is 236 g/mol. The van der Waals surface area contributed by atoms with Crippen LogP contribution in [0.3, 0.4) is 0 Å². The van der Waals surface area contributed by atoms with Crippen LogP contribution in [0.1, 0.15) is 32.8 Å². The van der Waals surface area contributed by atoms with Crippen molar-refractivity contribution in [3.63, 3.8) is 0 Å². The maximum Gasteiger partial charge on any atom is 0.0642 e. The van der Waals surface area contributed by atoms with E-state index in [0.29, 0.717) is 12.6 Å². The maximum atomic E-state index is 5.99. The first-order valence-corrected chi connectivity index (χ1v) is 7.02. The molecule has 0 saturated carbocycles. The smallest absolute Gasteiger partial charge is 0.0642 e. The summed E-state index contributed by atoms with van der Waals surface area (Å²) in [5.41, 5.74) is 8.35. The fourth-order valence-corrected chi connectivity index (χ4v) is 2.43. The van der Waals surface area contributed by atoms with Gasteiger partial charge in [0.15, 0.2) is 0 Å². The van der Waals surface area contributed by atoms with E-state index in [1.807, 2.05) is 0 Å². The van der Waals surface area contributed by atoms with Gasteiger partial charge in [0, 0.05) is 31.9 Å². The van der Waals surface area contributed by atoms with Gasteiger partial charge in [-0.1, -0.05) is 12.1 Å². The van der Waals surface area contributed by atoms with E-state index in [1.165, 1.54) is 11.3 Å². The van der Waals surface area contributed by atoms with E-state index in [1.54, 1.807) is 7.11 Å². The van der Waals surface area contributed by atoms with E-state index >= 15 is 0 Å². The summed E-state index contributed by atoms with van der Waals surface area (Å²) < 4.78 is 5.54. The van der Waals surface area contributed by atoms with Crippen molar-refractivity contribution >= 4 is 5.69 Å². The van der Waals surface area contributed by atoms with Gasteiger partial charge in [0.05, 0.1) is 5.60 Å². The second-order valence-corrected chi connectivity index (χ2v) is 5.68. The molecule has 19 heavy (non-hydrogen) atoms. The zero-order valence-electron chi connectivity index (χ0n) is 12.9. The standard InChI is InChI=1S/C16H28N2O/c1-6-18(14-9-7-8-13(2)10-14)15(12-17)11-16(3,4)19-5/h7-10,15H,6,11-12,17H2,1-5H3. The molecule has 0 heterocycles. The normalized spacial score (nSPS) is 13.4. The number of nitrogens with two attached hydrogens (primary N) is 1. The number of benzene rings is 1. The van der Waals surface area contributed by atoms with E-state index in [-0.39, 0.29) is 5.60 Å². The first-order chi connectivity index (χ1) is 8.93. The molecule has 0 fully saturated rings. The molecule has 1 aromatic carbocycles. The second kappa shape index (κ2) is 6.92. The molecule has 1 rings (SSSR count). The van der Waals surface area contributed by atoms with Gasteiger partial charge in [-0.25, -0.2) is 0 Å². The molecule has 1 unspecified atom stereocenters. The Labute approximate surface area is 117 Å². The molecule has 3 nitrogen and oxygen atoms in total. The highest BCUT2D eigenvalue weighted by Gasteiger charge is 2.26. The van der Waals surface area contributed by atoms with Gasteiger partial charge in [-0.15, -0.1) is 0 Å². The van der Waals surface area contributed by atoms with Crippen molar-refractivity contribution < 1.29 is 4.74 Å². The third kappa shape index (κ3) is 4.51. The van der Waals surface area contributed by atoms with E-state index in [0.717, 1.165) is 13.0 Å². The Morgan fingerprint density at radius 2 is 2.05 bits per heavy atom. The third-order valence-corrected chi connectivity index (χ3v) is 3.67.